The van der Waals surface area contributed by atoms with Gasteiger partial charge in [-0.15, -0.1) is 0 Å². The summed E-state index contributed by atoms with van der Waals surface area (Å²) in [5, 5.41) is 0. The minimum absolute atomic E-state index is 0.417. The van der Waals surface area contributed by atoms with Crippen molar-refractivity contribution in [2.45, 2.75) is 38.4 Å². The molecule has 0 bridgehead atoms. The van der Waals surface area contributed by atoms with E-state index >= 15 is 0 Å². The predicted molar refractivity (Wildman–Crippen MR) is 58.0 cm³/mol. The molecule has 17 heavy (non-hydrogen) atoms. The van der Waals surface area contributed by atoms with E-state index in [0.29, 0.717) is 18.4 Å². The molecule has 0 saturated heterocycles. The fourth-order valence-corrected chi connectivity index (χ4v) is 1.41. The molecule has 2 N–H and O–H groups in total. The van der Waals surface area contributed by atoms with Gasteiger partial charge in [0.15, 0.2) is 0 Å². The molecule has 0 atom stereocenters. The van der Waals surface area contributed by atoms with Crippen molar-refractivity contribution in [1.29, 1.82) is 0 Å². The molecule has 0 aliphatic carbocycles. The van der Waals surface area contributed by atoms with Crippen LogP contribution in [0.3, 0.4) is 0 Å². The van der Waals surface area contributed by atoms with Gasteiger partial charge in [-0.2, -0.15) is 13.2 Å². The van der Waals surface area contributed by atoms with Crippen LogP contribution in [0.1, 0.15) is 31.4 Å². The van der Waals surface area contributed by atoms with Crippen LogP contribution in [0.2, 0.25) is 0 Å². The molecular formula is C12H15F4N. The molecule has 0 unspecified atom stereocenters. The molecule has 1 nitrogen and oxygen atoms in total. The highest BCUT2D eigenvalue weighted by Crippen LogP contribution is 2.31. The molecule has 5 heteroatoms. The molecule has 0 radical (unpaired) electrons. The second kappa shape index (κ2) is 4.64. The highest BCUT2D eigenvalue weighted by molar-refractivity contribution is 5.26. The van der Waals surface area contributed by atoms with Crippen LogP contribution >= 0.6 is 0 Å². The van der Waals surface area contributed by atoms with Gasteiger partial charge in [-0.3, -0.25) is 0 Å². The van der Waals surface area contributed by atoms with Crippen LogP contribution in [-0.4, -0.2) is 5.54 Å². The largest absolute Gasteiger partial charge is 0.419 e. The Bertz CT molecular complexity index is 390. The molecule has 0 aliphatic rings. The van der Waals surface area contributed by atoms with E-state index in [4.69, 9.17) is 5.73 Å². The molecule has 0 fully saturated rings. The minimum Gasteiger partial charge on any atom is -0.326 e. The average molecular weight is 249 g/mol. The highest BCUT2D eigenvalue weighted by Gasteiger charge is 2.33. The van der Waals surface area contributed by atoms with E-state index < -0.39 is 23.1 Å². The molecule has 1 aromatic carbocycles. The second-order valence-corrected chi connectivity index (χ2v) is 4.80. The smallest absolute Gasteiger partial charge is 0.326 e. The summed E-state index contributed by atoms with van der Waals surface area (Å²) in [7, 11) is 0. The number of halogens is 4. The standard InChI is InChI=1S/C12H15F4N/c1-11(2,17)6-5-8-3-4-9(10(13)7-8)12(14,15)16/h3-4,7H,5-6,17H2,1-2H3. The maximum Gasteiger partial charge on any atom is 0.419 e. The molecule has 0 heterocycles. The predicted octanol–water partition coefficient (Wildman–Crippen LogP) is 3.51. The van der Waals surface area contributed by atoms with E-state index in [9.17, 15) is 17.6 Å². The van der Waals surface area contributed by atoms with Crippen LogP contribution in [0.25, 0.3) is 0 Å². The van der Waals surface area contributed by atoms with E-state index in [1.165, 1.54) is 6.07 Å². The topological polar surface area (TPSA) is 26.0 Å². The molecule has 0 aliphatic heterocycles. The van der Waals surface area contributed by atoms with Crippen LogP contribution < -0.4 is 5.73 Å². The van der Waals surface area contributed by atoms with Crippen molar-refractivity contribution in [3.63, 3.8) is 0 Å². The first kappa shape index (κ1) is 14.0. The second-order valence-electron chi connectivity index (χ2n) is 4.80. The van der Waals surface area contributed by atoms with Gasteiger partial charge in [-0.1, -0.05) is 6.07 Å². The lowest BCUT2D eigenvalue weighted by Gasteiger charge is -2.18. The summed E-state index contributed by atoms with van der Waals surface area (Å²) in [4.78, 5) is 0. The van der Waals surface area contributed by atoms with Gasteiger partial charge in [0.05, 0.1) is 5.56 Å². The van der Waals surface area contributed by atoms with Gasteiger partial charge in [0.2, 0.25) is 0 Å². The lowest BCUT2D eigenvalue weighted by Crippen LogP contribution is -2.32. The summed E-state index contributed by atoms with van der Waals surface area (Å²) in [6, 6.07) is 2.99. The van der Waals surface area contributed by atoms with E-state index in [2.05, 4.69) is 0 Å². The Labute approximate surface area is 97.6 Å². The quantitative estimate of drug-likeness (QED) is 0.815. The molecule has 1 rings (SSSR count). The molecule has 0 spiro atoms. The Morgan fingerprint density at radius 2 is 1.76 bits per heavy atom. The third kappa shape index (κ3) is 4.34. The minimum atomic E-state index is -4.64. The van der Waals surface area contributed by atoms with Gasteiger partial charge in [-0.25, -0.2) is 4.39 Å². The van der Waals surface area contributed by atoms with Crippen LogP contribution in [0, 0.1) is 5.82 Å². The van der Waals surface area contributed by atoms with E-state index in [-0.39, 0.29) is 0 Å². The van der Waals surface area contributed by atoms with Crippen molar-refractivity contribution >= 4 is 0 Å². The third-order valence-electron chi connectivity index (χ3n) is 2.40. The lowest BCUT2D eigenvalue weighted by atomic mass is 9.96. The van der Waals surface area contributed by atoms with Crippen molar-refractivity contribution in [2.24, 2.45) is 5.73 Å². The molecule has 0 amide bonds. The van der Waals surface area contributed by atoms with Crippen LogP contribution in [0.15, 0.2) is 18.2 Å². The number of hydrogen-bond acceptors (Lipinski definition) is 1. The van der Waals surface area contributed by atoms with Crippen LogP contribution in [0.5, 0.6) is 0 Å². The van der Waals surface area contributed by atoms with Gasteiger partial charge in [-0.05, 0) is 44.4 Å². The number of aryl methyl sites for hydroxylation is 1. The Kier molecular flexibility index (Phi) is 3.81. The first-order valence-electron chi connectivity index (χ1n) is 5.24. The monoisotopic (exact) mass is 249 g/mol. The normalized spacial score (nSPS) is 12.9. The summed E-state index contributed by atoms with van der Waals surface area (Å²) in [5.74, 6) is -1.23. The first-order valence-corrected chi connectivity index (χ1v) is 5.24. The van der Waals surface area contributed by atoms with E-state index in [1.54, 1.807) is 0 Å². The number of alkyl halides is 3. The average Bonchev–Trinajstić information content (AvgIpc) is 2.11. The molecular weight excluding hydrogens is 234 g/mol. The van der Waals surface area contributed by atoms with Gasteiger partial charge in [0, 0.05) is 5.54 Å². The van der Waals surface area contributed by atoms with Gasteiger partial charge >= 0.3 is 6.18 Å². The number of hydrogen-bond donors (Lipinski definition) is 1. The molecule has 0 aromatic heterocycles. The van der Waals surface area contributed by atoms with E-state index in [0.717, 1.165) is 12.1 Å². The lowest BCUT2D eigenvalue weighted by molar-refractivity contribution is -0.140. The fraction of sp³-hybridized carbons (Fsp3) is 0.500. The Morgan fingerprint density at radius 3 is 2.18 bits per heavy atom. The fourth-order valence-electron chi connectivity index (χ4n) is 1.41. The van der Waals surface area contributed by atoms with Crippen molar-refractivity contribution in [3.05, 3.63) is 35.1 Å². The number of rotatable bonds is 3. The molecule has 1 aromatic rings. The summed E-state index contributed by atoms with van der Waals surface area (Å²) in [6.07, 6.45) is -3.61. The van der Waals surface area contributed by atoms with Crippen molar-refractivity contribution in [3.8, 4) is 0 Å². The summed E-state index contributed by atoms with van der Waals surface area (Å²) < 4.78 is 50.1. The van der Waals surface area contributed by atoms with Crippen LogP contribution in [-0.2, 0) is 12.6 Å². The molecule has 96 valence electrons. The number of benzene rings is 1. The first-order chi connectivity index (χ1) is 7.59. The van der Waals surface area contributed by atoms with Gasteiger partial charge in [0.1, 0.15) is 5.82 Å². The Hall–Kier alpha value is -1.10. The van der Waals surface area contributed by atoms with Gasteiger partial charge in [0.25, 0.3) is 0 Å². The zero-order valence-corrected chi connectivity index (χ0v) is 9.74. The SMILES string of the molecule is CC(C)(N)CCc1ccc(C(F)(F)F)c(F)c1. The summed E-state index contributed by atoms with van der Waals surface area (Å²) >= 11 is 0. The van der Waals surface area contributed by atoms with Crippen molar-refractivity contribution in [2.75, 3.05) is 0 Å². The maximum atomic E-state index is 13.2. The zero-order chi connectivity index (χ0) is 13.3. The third-order valence-corrected chi connectivity index (χ3v) is 2.40. The van der Waals surface area contributed by atoms with Crippen LogP contribution in [0.4, 0.5) is 17.6 Å². The zero-order valence-electron chi connectivity index (χ0n) is 9.74. The molecule has 0 saturated carbocycles. The van der Waals surface area contributed by atoms with Crippen molar-refractivity contribution < 1.29 is 17.6 Å². The van der Waals surface area contributed by atoms with Crippen molar-refractivity contribution in [1.82, 2.24) is 0 Å². The summed E-state index contributed by atoms with van der Waals surface area (Å²) in [6.45, 7) is 3.63. The van der Waals surface area contributed by atoms with E-state index in [1.807, 2.05) is 13.8 Å². The summed E-state index contributed by atoms with van der Waals surface area (Å²) in [5.41, 5.74) is 4.62. The van der Waals surface area contributed by atoms with Gasteiger partial charge < -0.3 is 5.73 Å². The Morgan fingerprint density at radius 1 is 1.18 bits per heavy atom. The Balaban J connectivity index is 2.83. The highest BCUT2D eigenvalue weighted by atomic mass is 19.4. The maximum absolute atomic E-state index is 13.2. The number of nitrogens with two attached hydrogens (primary N) is 1.